The molecule has 0 aliphatic rings. The maximum atomic E-state index is 9.35. The standard InChI is InChI=1S/C12H15N3OS/c1-10(16)7-15-9-13-14-12(15)17-8-11-5-3-2-4-6-11/h2-6,9-10,16H,7-8H2,1H3/t10-/m1/s1. The highest BCUT2D eigenvalue weighted by Gasteiger charge is 2.07. The second kappa shape index (κ2) is 5.84. The van der Waals surface area contributed by atoms with Crippen molar-refractivity contribution in [1.29, 1.82) is 0 Å². The van der Waals surface area contributed by atoms with Crippen molar-refractivity contribution >= 4 is 11.8 Å². The van der Waals surface area contributed by atoms with Gasteiger partial charge in [0, 0.05) is 5.75 Å². The fourth-order valence-corrected chi connectivity index (χ4v) is 2.37. The van der Waals surface area contributed by atoms with Crippen molar-refractivity contribution in [3.8, 4) is 0 Å². The van der Waals surface area contributed by atoms with Crippen LogP contribution in [0.25, 0.3) is 0 Å². The van der Waals surface area contributed by atoms with E-state index >= 15 is 0 Å². The molecule has 4 nitrogen and oxygen atoms in total. The summed E-state index contributed by atoms with van der Waals surface area (Å²) in [4.78, 5) is 0. The van der Waals surface area contributed by atoms with E-state index in [1.165, 1.54) is 5.56 Å². The Kier molecular flexibility index (Phi) is 4.17. The fourth-order valence-electron chi connectivity index (χ4n) is 1.49. The van der Waals surface area contributed by atoms with Gasteiger partial charge in [0.15, 0.2) is 5.16 Å². The van der Waals surface area contributed by atoms with Crippen LogP contribution in [-0.2, 0) is 12.3 Å². The molecule has 0 unspecified atom stereocenters. The molecule has 1 aromatic heterocycles. The summed E-state index contributed by atoms with van der Waals surface area (Å²) in [7, 11) is 0. The molecule has 0 aliphatic heterocycles. The molecule has 1 heterocycles. The van der Waals surface area contributed by atoms with Crippen LogP contribution in [0.15, 0.2) is 41.8 Å². The minimum absolute atomic E-state index is 0.387. The monoisotopic (exact) mass is 249 g/mol. The lowest BCUT2D eigenvalue weighted by molar-refractivity contribution is 0.170. The molecule has 0 saturated heterocycles. The SMILES string of the molecule is C[C@@H](O)Cn1cnnc1SCc1ccccc1. The Balaban J connectivity index is 1.97. The predicted octanol–water partition coefficient (Wildman–Crippen LogP) is 1.95. The largest absolute Gasteiger partial charge is 0.392 e. The normalized spacial score (nSPS) is 12.6. The van der Waals surface area contributed by atoms with E-state index in [1.54, 1.807) is 25.0 Å². The molecule has 2 aromatic rings. The van der Waals surface area contributed by atoms with E-state index in [4.69, 9.17) is 0 Å². The average molecular weight is 249 g/mol. The summed E-state index contributed by atoms with van der Waals surface area (Å²) in [6.45, 7) is 2.29. The van der Waals surface area contributed by atoms with E-state index in [1.807, 2.05) is 22.8 Å². The number of hydrogen-bond acceptors (Lipinski definition) is 4. The molecular weight excluding hydrogens is 234 g/mol. The molecule has 2 rings (SSSR count). The van der Waals surface area contributed by atoms with Gasteiger partial charge in [-0.05, 0) is 12.5 Å². The van der Waals surface area contributed by atoms with Crippen molar-refractivity contribution < 1.29 is 5.11 Å². The number of rotatable bonds is 5. The van der Waals surface area contributed by atoms with Gasteiger partial charge < -0.3 is 9.67 Å². The van der Waals surface area contributed by atoms with E-state index in [9.17, 15) is 5.11 Å². The summed E-state index contributed by atoms with van der Waals surface area (Å²) in [6, 6.07) is 10.2. The predicted molar refractivity (Wildman–Crippen MR) is 67.7 cm³/mol. The van der Waals surface area contributed by atoms with Crippen LogP contribution in [0.3, 0.4) is 0 Å². The van der Waals surface area contributed by atoms with Gasteiger partial charge in [-0.25, -0.2) is 0 Å². The van der Waals surface area contributed by atoms with Crippen LogP contribution < -0.4 is 0 Å². The topological polar surface area (TPSA) is 50.9 Å². The molecule has 1 atom stereocenters. The summed E-state index contributed by atoms with van der Waals surface area (Å²) >= 11 is 1.63. The number of thioether (sulfide) groups is 1. The zero-order valence-corrected chi connectivity index (χ0v) is 10.5. The summed E-state index contributed by atoms with van der Waals surface area (Å²) in [5.41, 5.74) is 1.25. The lowest BCUT2D eigenvalue weighted by Crippen LogP contribution is -2.11. The summed E-state index contributed by atoms with van der Waals surface area (Å²) in [5.74, 6) is 0.860. The number of hydrogen-bond donors (Lipinski definition) is 1. The highest BCUT2D eigenvalue weighted by Crippen LogP contribution is 2.20. The van der Waals surface area contributed by atoms with E-state index in [0.717, 1.165) is 10.9 Å². The molecule has 0 fully saturated rings. The van der Waals surface area contributed by atoms with E-state index in [-0.39, 0.29) is 6.10 Å². The highest BCUT2D eigenvalue weighted by molar-refractivity contribution is 7.98. The van der Waals surface area contributed by atoms with Crippen molar-refractivity contribution in [2.24, 2.45) is 0 Å². The van der Waals surface area contributed by atoms with Gasteiger partial charge in [-0.15, -0.1) is 10.2 Å². The molecule has 0 amide bonds. The Morgan fingerprint density at radius 3 is 2.82 bits per heavy atom. The Hall–Kier alpha value is -1.33. The third kappa shape index (κ3) is 3.57. The van der Waals surface area contributed by atoms with Crippen molar-refractivity contribution in [1.82, 2.24) is 14.8 Å². The van der Waals surface area contributed by atoms with Gasteiger partial charge in [-0.3, -0.25) is 0 Å². The number of aromatic nitrogens is 3. The van der Waals surface area contributed by atoms with Gasteiger partial charge in [0.2, 0.25) is 0 Å². The van der Waals surface area contributed by atoms with Gasteiger partial charge in [-0.2, -0.15) is 0 Å². The van der Waals surface area contributed by atoms with Crippen LogP contribution >= 0.6 is 11.8 Å². The van der Waals surface area contributed by atoms with Crippen LogP contribution in [0, 0.1) is 0 Å². The Labute approximate surface area is 105 Å². The molecular formula is C12H15N3OS. The van der Waals surface area contributed by atoms with Crippen molar-refractivity contribution in [3.05, 3.63) is 42.2 Å². The molecule has 0 saturated carbocycles. The molecule has 17 heavy (non-hydrogen) atoms. The number of benzene rings is 1. The third-order valence-electron chi connectivity index (χ3n) is 2.25. The van der Waals surface area contributed by atoms with E-state index in [2.05, 4.69) is 22.3 Å². The minimum atomic E-state index is -0.387. The van der Waals surface area contributed by atoms with Crippen LogP contribution in [0.1, 0.15) is 12.5 Å². The Bertz CT molecular complexity index is 456. The van der Waals surface area contributed by atoms with Gasteiger partial charge in [-0.1, -0.05) is 42.1 Å². The maximum Gasteiger partial charge on any atom is 0.191 e. The Morgan fingerprint density at radius 2 is 2.12 bits per heavy atom. The minimum Gasteiger partial charge on any atom is -0.392 e. The first-order valence-electron chi connectivity index (χ1n) is 5.48. The lowest BCUT2D eigenvalue weighted by Gasteiger charge is -2.07. The second-order valence-electron chi connectivity index (χ2n) is 3.89. The lowest BCUT2D eigenvalue weighted by atomic mass is 10.2. The molecule has 0 spiro atoms. The van der Waals surface area contributed by atoms with Gasteiger partial charge in [0.05, 0.1) is 12.6 Å². The van der Waals surface area contributed by atoms with Crippen LogP contribution in [-0.4, -0.2) is 26.0 Å². The van der Waals surface area contributed by atoms with Gasteiger partial charge in [0.25, 0.3) is 0 Å². The van der Waals surface area contributed by atoms with Crippen LogP contribution in [0.2, 0.25) is 0 Å². The van der Waals surface area contributed by atoms with Crippen molar-refractivity contribution in [2.75, 3.05) is 0 Å². The summed E-state index contributed by atoms with van der Waals surface area (Å²) in [6.07, 6.45) is 1.27. The van der Waals surface area contributed by atoms with Crippen LogP contribution in [0.4, 0.5) is 0 Å². The van der Waals surface area contributed by atoms with Crippen molar-refractivity contribution in [3.63, 3.8) is 0 Å². The van der Waals surface area contributed by atoms with Crippen LogP contribution in [0.5, 0.6) is 0 Å². The van der Waals surface area contributed by atoms with E-state index < -0.39 is 0 Å². The van der Waals surface area contributed by atoms with E-state index in [0.29, 0.717) is 6.54 Å². The quantitative estimate of drug-likeness (QED) is 0.823. The second-order valence-corrected chi connectivity index (χ2v) is 4.83. The summed E-state index contributed by atoms with van der Waals surface area (Å²) in [5, 5.41) is 18.1. The van der Waals surface area contributed by atoms with Gasteiger partial charge in [0.1, 0.15) is 6.33 Å². The number of aliphatic hydroxyl groups is 1. The van der Waals surface area contributed by atoms with Crippen molar-refractivity contribution in [2.45, 2.75) is 30.5 Å². The molecule has 0 radical (unpaired) electrons. The first kappa shape index (κ1) is 12.1. The highest BCUT2D eigenvalue weighted by atomic mass is 32.2. The molecule has 1 aromatic carbocycles. The first-order chi connectivity index (χ1) is 8.25. The maximum absolute atomic E-state index is 9.35. The number of aliphatic hydroxyl groups excluding tert-OH is 1. The van der Waals surface area contributed by atoms with Gasteiger partial charge >= 0.3 is 0 Å². The first-order valence-corrected chi connectivity index (χ1v) is 6.47. The number of nitrogens with zero attached hydrogens (tertiary/aromatic N) is 3. The zero-order valence-electron chi connectivity index (χ0n) is 9.65. The smallest absolute Gasteiger partial charge is 0.191 e. The molecule has 5 heteroatoms. The molecule has 1 N–H and O–H groups in total. The Morgan fingerprint density at radius 1 is 1.35 bits per heavy atom. The zero-order chi connectivity index (χ0) is 12.1. The molecule has 90 valence electrons. The third-order valence-corrected chi connectivity index (χ3v) is 3.30. The molecule has 0 bridgehead atoms. The summed E-state index contributed by atoms with van der Waals surface area (Å²) < 4.78 is 1.87. The average Bonchev–Trinajstić information content (AvgIpc) is 2.74. The fraction of sp³-hybridized carbons (Fsp3) is 0.333. The molecule has 0 aliphatic carbocycles.